The van der Waals surface area contributed by atoms with Crippen LogP contribution in [0.4, 0.5) is 0 Å². The summed E-state index contributed by atoms with van der Waals surface area (Å²) in [5, 5.41) is 0. The summed E-state index contributed by atoms with van der Waals surface area (Å²) in [6, 6.07) is 20.8. The molecule has 2 N–H and O–H groups in total. The highest BCUT2D eigenvalue weighted by Gasteiger charge is 2.10. The SMILES string of the molecule is Cc1ccccc1-c1ccc(-c2cc(C)c(C)c(C(N)=O)c2)cc1. The van der Waals surface area contributed by atoms with Gasteiger partial charge < -0.3 is 5.73 Å². The van der Waals surface area contributed by atoms with E-state index in [9.17, 15) is 4.79 Å². The van der Waals surface area contributed by atoms with E-state index in [0.29, 0.717) is 5.56 Å². The first-order valence-electron chi connectivity index (χ1n) is 8.05. The number of primary amides is 1. The largest absolute Gasteiger partial charge is 0.366 e. The molecule has 0 bridgehead atoms. The van der Waals surface area contributed by atoms with E-state index in [1.165, 1.54) is 16.7 Å². The molecular formula is C22H21NO. The average Bonchev–Trinajstić information content (AvgIpc) is 2.57. The number of hydrogen-bond acceptors (Lipinski definition) is 1. The lowest BCUT2D eigenvalue weighted by atomic mass is 9.93. The van der Waals surface area contributed by atoms with Crippen LogP contribution in [0.25, 0.3) is 22.3 Å². The second kappa shape index (κ2) is 6.32. The van der Waals surface area contributed by atoms with Gasteiger partial charge in [0, 0.05) is 5.56 Å². The van der Waals surface area contributed by atoms with Crippen LogP contribution in [-0.4, -0.2) is 5.91 Å². The molecule has 0 radical (unpaired) electrons. The van der Waals surface area contributed by atoms with E-state index in [2.05, 4.69) is 55.5 Å². The van der Waals surface area contributed by atoms with E-state index in [1.807, 2.05) is 26.0 Å². The molecule has 0 spiro atoms. The topological polar surface area (TPSA) is 43.1 Å². The van der Waals surface area contributed by atoms with Gasteiger partial charge in [0.05, 0.1) is 0 Å². The van der Waals surface area contributed by atoms with E-state index in [-0.39, 0.29) is 5.91 Å². The van der Waals surface area contributed by atoms with E-state index in [1.54, 1.807) is 0 Å². The standard InChI is InChI=1S/C22H21NO/c1-14-6-4-5-7-20(14)18-10-8-17(9-11-18)19-12-15(2)16(3)21(13-19)22(23)24/h4-13H,1-3H3,(H2,23,24). The maximum atomic E-state index is 11.7. The molecule has 0 fully saturated rings. The second-order valence-electron chi connectivity index (χ2n) is 6.22. The molecule has 24 heavy (non-hydrogen) atoms. The lowest BCUT2D eigenvalue weighted by Crippen LogP contribution is -2.13. The van der Waals surface area contributed by atoms with Gasteiger partial charge in [0.2, 0.25) is 5.91 Å². The van der Waals surface area contributed by atoms with Crippen molar-refractivity contribution in [3.05, 3.63) is 82.9 Å². The molecule has 0 aliphatic carbocycles. The Balaban J connectivity index is 2.03. The molecule has 0 atom stereocenters. The van der Waals surface area contributed by atoms with E-state index >= 15 is 0 Å². The maximum Gasteiger partial charge on any atom is 0.248 e. The first-order valence-corrected chi connectivity index (χ1v) is 8.05. The summed E-state index contributed by atoms with van der Waals surface area (Å²) < 4.78 is 0. The van der Waals surface area contributed by atoms with Crippen molar-refractivity contribution >= 4 is 5.91 Å². The van der Waals surface area contributed by atoms with Crippen molar-refractivity contribution in [3.8, 4) is 22.3 Å². The van der Waals surface area contributed by atoms with Gasteiger partial charge >= 0.3 is 0 Å². The first-order chi connectivity index (χ1) is 11.5. The number of rotatable bonds is 3. The summed E-state index contributed by atoms with van der Waals surface area (Å²) in [7, 11) is 0. The van der Waals surface area contributed by atoms with Crippen molar-refractivity contribution in [2.45, 2.75) is 20.8 Å². The highest BCUT2D eigenvalue weighted by Crippen LogP contribution is 2.29. The van der Waals surface area contributed by atoms with E-state index in [0.717, 1.165) is 22.3 Å². The van der Waals surface area contributed by atoms with Crippen molar-refractivity contribution < 1.29 is 4.79 Å². The minimum Gasteiger partial charge on any atom is -0.366 e. The highest BCUT2D eigenvalue weighted by molar-refractivity contribution is 5.96. The fraction of sp³-hybridized carbons (Fsp3) is 0.136. The molecule has 3 aromatic rings. The third-order valence-corrected chi connectivity index (χ3v) is 4.61. The Bertz CT molecular complexity index is 908. The van der Waals surface area contributed by atoms with Crippen LogP contribution in [0.1, 0.15) is 27.0 Å². The lowest BCUT2D eigenvalue weighted by molar-refractivity contribution is 0.0999. The molecule has 0 aliphatic heterocycles. The molecule has 0 saturated carbocycles. The van der Waals surface area contributed by atoms with Crippen LogP contribution < -0.4 is 5.73 Å². The fourth-order valence-corrected chi connectivity index (χ4v) is 3.02. The summed E-state index contributed by atoms with van der Waals surface area (Å²) in [6.45, 7) is 6.05. The minimum absolute atomic E-state index is 0.381. The van der Waals surface area contributed by atoms with Crippen LogP contribution in [-0.2, 0) is 0 Å². The van der Waals surface area contributed by atoms with Gasteiger partial charge in [-0.2, -0.15) is 0 Å². The van der Waals surface area contributed by atoms with Gasteiger partial charge in [-0.15, -0.1) is 0 Å². The molecule has 3 aromatic carbocycles. The van der Waals surface area contributed by atoms with Crippen LogP contribution in [0.5, 0.6) is 0 Å². The number of amides is 1. The van der Waals surface area contributed by atoms with Crippen molar-refractivity contribution in [1.82, 2.24) is 0 Å². The van der Waals surface area contributed by atoms with E-state index < -0.39 is 0 Å². The van der Waals surface area contributed by atoms with Crippen LogP contribution in [0.2, 0.25) is 0 Å². The molecule has 0 unspecified atom stereocenters. The molecule has 0 aliphatic rings. The van der Waals surface area contributed by atoms with Crippen molar-refractivity contribution in [3.63, 3.8) is 0 Å². The summed E-state index contributed by atoms with van der Waals surface area (Å²) in [4.78, 5) is 11.7. The normalized spacial score (nSPS) is 10.6. The molecule has 1 amide bonds. The third-order valence-electron chi connectivity index (χ3n) is 4.61. The van der Waals surface area contributed by atoms with Gasteiger partial charge in [-0.1, -0.05) is 54.6 Å². The number of carbonyl (C=O) groups excluding carboxylic acids is 1. The van der Waals surface area contributed by atoms with Crippen molar-refractivity contribution in [1.29, 1.82) is 0 Å². The Morgan fingerprint density at radius 3 is 2.00 bits per heavy atom. The Kier molecular flexibility index (Phi) is 4.22. The molecule has 3 rings (SSSR count). The van der Waals surface area contributed by atoms with Crippen LogP contribution in [0.3, 0.4) is 0 Å². The molecule has 0 saturated heterocycles. The number of nitrogens with two attached hydrogens (primary N) is 1. The van der Waals surface area contributed by atoms with Gasteiger partial charge in [-0.25, -0.2) is 0 Å². The zero-order chi connectivity index (χ0) is 17.3. The highest BCUT2D eigenvalue weighted by atomic mass is 16.1. The van der Waals surface area contributed by atoms with E-state index in [4.69, 9.17) is 5.73 Å². The van der Waals surface area contributed by atoms with Crippen LogP contribution in [0, 0.1) is 20.8 Å². The Morgan fingerprint density at radius 1 is 0.750 bits per heavy atom. The van der Waals surface area contributed by atoms with Gasteiger partial charge in [-0.3, -0.25) is 4.79 Å². The van der Waals surface area contributed by atoms with Crippen molar-refractivity contribution in [2.24, 2.45) is 5.73 Å². The second-order valence-corrected chi connectivity index (χ2v) is 6.22. The zero-order valence-electron chi connectivity index (χ0n) is 14.3. The number of carbonyl (C=O) groups is 1. The molecule has 2 nitrogen and oxygen atoms in total. The maximum absolute atomic E-state index is 11.7. The number of benzene rings is 3. The number of aryl methyl sites for hydroxylation is 2. The molecule has 0 aromatic heterocycles. The zero-order valence-corrected chi connectivity index (χ0v) is 14.3. The average molecular weight is 315 g/mol. The fourth-order valence-electron chi connectivity index (χ4n) is 3.02. The van der Waals surface area contributed by atoms with Gasteiger partial charge in [0.1, 0.15) is 0 Å². The first kappa shape index (κ1) is 16.0. The summed E-state index contributed by atoms with van der Waals surface area (Å²) in [5.41, 5.74) is 13.9. The summed E-state index contributed by atoms with van der Waals surface area (Å²) in [6.07, 6.45) is 0. The van der Waals surface area contributed by atoms with Gasteiger partial charge in [0.25, 0.3) is 0 Å². The van der Waals surface area contributed by atoms with Gasteiger partial charge in [0.15, 0.2) is 0 Å². The molecule has 0 heterocycles. The lowest BCUT2D eigenvalue weighted by Gasteiger charge is -2.11. The molecular weight excluding hydrogens is 294 g/mol. The monoisotopic (exact) mass is 315 g/mol. The molecule has 2 heteroatoms. The Hall–Kier alpha value is -2.87. The molecule has 120 valence electrons. The predicted octanol–water partition coefficient (Wildman–Crippen LogP) is 5.04. The third kappa shape index (κ3) is 2.95. The summed E-state index contributed by atoms with van der Waals surface area (Å²) in [5.74, 6) is -0.381. The number of hydrogen-bond donors (Lipinski definition) is 1. The predicted molar refractivity (Wildman–Crippen MR) is 100 cm³/mol. The minimum atomic E-state index is -0.381. The van der Waals surface area contributed by atoms with Crippen LogP contribution >= 0.6 is 0 Å². The Morgan fingerprint density at radius 2 is 1.38 bits per heavy atom. The smallest absolute Gasteiger partial charge is 0.248 e. The van der Waals surface area contributed by atoms with Crippen molar-refractivity contribution in [2.75, 3.05) is 0 Å². The Labute approximate surface area is 143 Å². The van der Waals surface area contributed by atoms with Gasteiger partial charge in [-0.05, 0) is 65.8 Å². The quantitative estimate of drug-likeness (QED) is 0.722. The van der Waals surface area contributed by atoms with Crippen LogP contribution in [0.15, 0.2) is 60.7 Å². The summed E-state index contributed by atoms with van der Waals surface area (Å²) >= 11 is 0.